The zero-order valence-electron chi connectivity index (χ0n) is 39.7. The Labute approximate surface area is 406 Å². The molecule has 69 heavy (non-hydrogen) atoms. The average Bonchev–Trinajstić information content (AvgIpc) is 3.31. The summed E-state index contributed by atoms with van der Waals surface area (Å²) < 4.78 is 58.3. The summed E-state index contributed by atoms with van der Waals surface area (Å²) in [6.07, 6.45) is -9.33. The smallest absolute Gasteiger partial charge is 0.338 e. The van der Waals surface area contributed by atoms with E-state index in [9.17, 15) is 33.5 Å². The van der Waals surface area contributed by atoms with Crippen molar-refractivity contribution in [1.82, 2.24) is 5.32 Å². The van der Waals surface area contributed by atoms with Crippen LogP contribution < -0.4 is 5.32 Å². The number of fused-ring (bicyclic) bond motifs is 5. The largest absolute Gasteiger partial charge is 0.461 e. The summed E-state index contributed by atoms with van der Waals surface area (Å²) in [5.74, 6) is -6.67. The highest BCUT2D eigenvalue weighted by molar-refractivity contribution is 7.80. The molecule has 2 N–H and O–H groups in total. The van der Waals surface area contributed by atoms with Gasteiger partial charge in [-0.2, -0.15) is 12.6 Å². The molecule has 7 rings (SSSR count). The molecule has 4 aliphatic rings. The number of rotatable bonds is 16. The second-order valence-corrected chi connectivity index (χ2v) is 19.2. The summed E-state index contributed by atoms with van der Waals surface area (Å²) in [6.45, 7) is 10.7. The van der Waals surface area contributed by atoms with Gasteiger partial charge in [0, 0.05) is 49.7 Å². The quantitative estimate of drug-likeness (QED) is 0.0629. The lowest BCUT2D eigenvalue weighted by molar-refractivity contribution is -0.346. The maximum absolute atomic E-state index is 16.1. The van der Waals surface area contributed by atoms with E-state index in [1.54, 1.807) is 95.3 Å². The normalized spacial score (nSPS) is 29.9. The van der Waals surface area contributed by atoms with Crippen LogP contribution in [0.15, 0.2) is 96.1 Å². The van der Waals surface area contributed by atoms with Crippen LogP contribution in [0.3, 0.4) is 0 Å². The van der Waals surface area contributed by atoms with Crippen LogP contribution in [-0.2, 0) is 52.3 Å². The zero-order chi connectivity index (χ0) is 50.1. The number of esters is 4. The molecule has 1 heterocycles. The van der Waals surface area contributed by atoms with Crippen molar-refractivity contribution in [3.63, 3.8) is 0 Å². The third-order valence-corrected chi connectivity index (χ3v) is 14.7. The van der Waals surface area contributed by atoms with Crippen molar-refractivity contribution in [2.45, 2.75) is 122 Å². The van der Waals surface area contributed by atoms with E-state index in [1.807, 2.05) is 0 Å². The molecule has 15 nitrogen and oxygen atoms in total. The number of amides is 1. The van der Waals surface area contributed by atoms with Crippen LogP contribution in [0.1, 0.15) is 100 Å². The van der Waals surface area contributed by atoms with Gasteiger partial charge in [0.05, 0.1) is 36.0 Å². The molecule has 11 atom stereocenters. The first kappa shape index (κ1) is 51.4. The zero-order valence-corrected chi connectivity index (χ0v) is 40.6. The number of carbonyl (C=O) groups excluding carboxylic acids is 6. The molecule has 3 aromatic rings. The summed E-state index contributed by atoms with van der Waals surface area (Å²) >= 11 is 4.22. The van der Waals surface area contributed by atoms with Gasteiger partial charge in [-0.3, -0.25) is 19.2 Å². The summed E-state index contributed by atoms with van der Waals surface area (Å²) in [6, 6.07) is 20.6. The van der Waals surface area contributed by atoms with Gasteiger partial charge in [-0.15, -0.1) is 0 Å². The third-order valence-electron chi connectivity index (χ3n) is 14.5. The fraction of sp³-hybridized carbons (Fsp3) is 0.500. The van der Waals surface area contributed by atoms with Crippen molar-refractivity contribution >= 4 is 48.2 Å². The Bertz CT molecular complexity index is 2450. The van der Waals surface area contributed by atoms with Crippen molar-refractivity contribution in [3.8, 4) is 0 Å². The standard InChI is InChI=1S/C52H60FNO14S/c1-8-62-41-39-29(3)35(65-48(60)42(63-9-2)40(31-16-12-10-13-17-31)54-46(58)32-18-14-11-15-19-32)27-52(61,49(39,5)6)45(67-47(59)33-20-22-34(53)23-21-33)43-50(7,44(41)57)36(66-38(56)24-25-69)26-37-51(43,28-64-37)68-30(4)55/h10-23,35-37,40-43,45,61,69H,8-9,24-28H2,1-7H3,(H,54,58)/t35-,36-,37+,40-,41+,42+,43?,45?,50+,51-,52+/m0/s1. The number of aliphatic hydroxyl groups is 1. The highest BCUT2D eigenvalue weighted by Gasteiger charge is 2.79. The Morgan fingerprint density at radius 3 is 2.13 bits per heavy atom. The predicted molar refractivity (Wildman–Crippen MR) is 249 cm³/mol. The number of carbonyl (C=O) groups is 6. The molecule has 2 bridgehead atoms. The molecule has 0 spiro atoms. The number of hydrogen-bond acceptors (Lipinski definition) is 15. The minimum absolute atomic E-state index is 0.00973. The van der Waals surface area contributed by atoms with E-state index in [2.05, 4.69) is 17.9 Å². The SMILES string of the molecule is CCO[C@H]1C(=O)[C@@]2(C)C(C(OC(=O)c3ccc(F)cc3)[C@]3(O)C[C@H](OC(=O)[C@H](OCC)[C@@H](NC(=O)c4ccccc4)c4ccccc4)C(C)=C1C3(C)C)[C@]1(OC(C)=O)CO[C@@H]1C[C@@H]2OC(=O)CCS. The van der Waals surface area contributed by atoms with Gasteiger partial charge in [0.1, 0.15) is 41.9 Å². The minimum Gasteiger partial charge on any atom is -0.461 e. The molecular weight excluding hydrogens is 914 g/mol. The molecule has 2 unspecified atom stereocenters. The number of nitrogens with one attached hydrogen (secondary N) is 1. The molecule has 370 valence electrons. The molecule has 1 aliphatic heterocycles. The van der Waals surface area contributed by atoms with E-state index >= 15 is 4.79 Å². The first-order chi connectivity index (χ1) is 32.8. The van der Waals surface area contributed by atoms with E-state index in [0.29, 0.717) is 16.7 Å². The van der Waals surface area contributed by atoms with Gasteiger partial charge in [-0.05, 0) is 80.8 Å². The van der Waals surface area contributed by atoms with Crippen LogP contribution >= 0.6 is 12.6 Å². The Hall–Kier alpha value is -5.46. The van der Waals surface area contributed by atoms with E-state index in [0.717, 1.165) is 12.1 Å². The lowest BCUT2D eigenvalue weighted by atomic mass is 9.44. The molecule has 3 aliphatic carbocycles. The van der Waals surface area contributed by atoms with E-state index in [-0.39, 0.29) is 49.6 Å². The maximum atomic E-state index is 16.1. The van der Waals surface area contributed by atoms with Gasteiger partial charge in [0.15, 0.2) is 17.5 Å². The number of benzene rings is 3. The lowest BCUT2D eigenvalue weighted by Gasteiger charge is -2.67. The second kappa shape index (κ2) is 20.5. The highest BCUT2D eigenvalue weighted by atomic mass is 32.1. The first-order valence-electron chi connectivity index (χ1n) is 23.2. The third kappa shape index (κ3) is 9.35. The Kier molecular flexibility index (Phi) is 15.3. The van der Waals surface area contributed by atoms with E-state index < -0.39 is 118 Å². The highest BCUT2D eigenvalue weighted by Crippen LogP contribution is 2.65. The molecule has 1 saturated heterocycles. The number of ether oxygens (including phenoxy) is 7. The van der Waals surface area contributed by atoms with Gasteiger partial charge in [-0.1, -0.05) is 62.4 Å². The number of thiol groups is 1. The van der Waals surface area contributed by atoms with Crippen molar-refractivity contribution in [1.29, 1.82) is 0 Å². The predicted octanol–water partition coefficient (Wildman–Crippen LogP) is 6.26. The number of ketones is 1. The summed E-state index contributed by atoms with van der Waals surface area (Å²) in [7, 11) is 0. The van der Waals surface area contributed by atoms with Crippen LogP contribution in [0.2, 0.25) is 0 Å². The fourth-order valence-electron chi connectivity index (χ4n) is 11.0. The van der Waals surface area contributed by atoms with Crippen molar-refractivity contribution < 1.29 is 71.4 Å². The second-order valence-electron chi connectivity index (χ2n) is 18.7. The molecular formula is C52H60FNO14S. The number of Topliss-reactive ketones (excluding diaryl/α,β-unsaturated/α-hetero) is 1. The monoisotopic (exact) mass is 973 g/mol. The van der Waals surface area contributed by atoms with Gasteiger partial charge < -0.3 is 43.6 Å². The molecule has 2 saturated carbocycles. The maximum Gasteiger partial charge on any atom is 0.338 e. The van der Waals surface area contributed by atoms with Crippen molar-refractivity contribution in [2.75, 3.05) is 25.6 Å². The lowest BCUT2D eigenvalue weighted by Crippen LogP contribution is -2.82. The van der Waals surface area contributed by atoms with Gasteiger partial charge in [-0.25, -0.2) is 14.0 Å². The molecule has 0 aromatic heterocycles. The first-order valence-corrected chi connectivity index (χ1v) is 23.8. The molecule has 3 aromatic carbocycles. The minimum atomic E-state index is -2.36. The van der Waals surface area contributed by atoms with Crippen LogP contribution in [0.5, 0.6) is 0 Å². The van der Waals surface area contributed by atoms with Crippen LogP contribution in [0.4, 0.5) is 4.39 Å². The summed E-state index contributed by atoms with van der Waals surface area (Å²) in [4.78, 5) is 86.1. The number of hydrogen-bond donors (Lipinski definition) is 3. The van der Waals surface area contributed by atoms with E-state index in [4.69, 9.17) is 33.2 Å². The molecule has 0 radical (unpaired) electrons. The summed E-state index contributed by atoms with van der Waals surface area (Å²) in [5.41, 5.74) is -6.45. The van der Waals surface area contributed by atoms with Gasteiger partial charge in [0.2, 0.25) is 0 Å². The van der Waals surface area contributed by atoms with Gasteiger partial charge in [0.25, 0.3) is 5.91 Å². The Balaban J connectivity index is 1.43. The Morgan fingerprint density at radius 1 is 0.899 bits per heavy atom. The Morgan fingerprint density at radius 2 is 1.55 bits per heavy atom. The molecule has 3 fully saturated rings. The van der Waals surface area contributed by atoms with E-state index in [1.165, 1.54) is 26.0 Å². The van der Waals surface area contributed by atoms with Crippen LogP contribution in [0, 0.1) is 22.6 Å². The summed E-state index contributed by atoms with van der Waals surface area (Å²) in [5, 5.41) is 17.0. The molecule has 17 heteroatoms. The van der Waals surface area contributed by atoms with Crippen molar-refractivity contribution in [2.24, 2.45) is 16.7 Å². The van der Waals surface area contributed by atoms with Crippen molar-refractivity contribution in [3.05, 3.63) is 119 Å². The van der Waals surface area contributed by atoms with Crippen LogP contribution in [-0.4, -0.2) is 114 Å². The molecule has 1 amide bonds. The van der Waals surface area contributed by atoms with Crippen LogP contribution in [0.25, 0.3) is 0 Å². The average molecular weight is 974 g/mol. The topological polar surface area (TPSA) is 199 Å². The van der Waals surface area contributed by atoms with Gasteiger partial charge >= 0.3 is 23.9 Å². The fourth-order valence-corrected chi connectivity index (χ4v) is 11.2. The number of halogens is 1.